The van der Waals surface area contributed by atoms with Crippen molar-refractivity contribution in [3.8, 4) is 0 Å². The van der Waals surface area contributed by atoms with Crippen LogP contribution in [-0.4, -0.2) is 52.7 Å². The van der Waals surface area contributed by atoms with Gasteiger partial charge in [-0.2, -0.15) is 0 Å². The van der Waals surface area contributed by atoms with Gasteiger partial charge in [-0.3, -0.25) is 4.90 Å². The highest BCUT2D eigenvalue weighted by molar-refractivity contribution is 7.89. The molecule has 1 aromatic rings. The molecule has 0 radical (unpaired) electrons. The Morgan fingerprint density at radius 2 is 1.86 bits per heavy atom. The van der Waals surface area contributed by atoms with Crippen molar-refractivity contribution in [2.45, 2.75) is 31.1 Å². The fourth-order valence-corrected chi connectivity index (χ4v) is 3.48. The van der Waals surface area contributed by atoms with E-state index in [9.17, 15) is 8.42 Å². The predicted molar refractivity (Wildman–Crippen MR) is 87.5 cm³/mol. The second kappa shape index (κ2) is 8.62. The molecule has 124 valence electrons. The molecule has 0 aromatic heterocycles. The van der Waals surface area contributed by atoms with E-state index in [1.165, 1.54) is 5.56 Å². The minimum Gasteiger partial charge on any atom is -0.379 e. The van der Waals surface area contributed by atoms with Crippen LogP contribution in [0.5, 0.6) is 0 Å². The molecule has 0 amide bonds. The van der Waals surface area contributed by atoms with Crippen LogP contribution in [0.15, 0.2) is 29.2 Å². The Morgan fingerprint density at radius 1 is 1.18 bits per heavy atom. The van der Waals surface area contributed by atoms with Crippen molar-refractivity contribution < 1.29 is 13.2 Å². The summed E-state index contributed by atoms with van der Waals surface area (Å²) in [5.41, 5.74) is 1.19. The SMILES string of the molecule is CCCCc1ccc(S(=O)(=O)NCCN2CCOCC2)cc1. The number of hydrogen-bond donors (Lipinski definition) is 1. The van der Waals surface area contributed by atoms with Crippen LogP contribution >= 0.6 is 0 Å². The maximum atomic E-state index is 12.2. The molecule has 0 spiro atoms. The largest absolute Gasteiger partial charge is 0.379 e. The molecule has 1 N–H and O–H groups in total. The number of nitrogens with one attached hydrogen (secondary N) is 1. The Morgan fingerprint density at radius 3 is 2.50 bits per heavy atom. The number of ether oxygens (including phenoxy) is 1. The molecule has 22 heavy (non-hydrogen) atoms. The third-order valence-electron chi connectivity index (χ3n) is 3.88. The van der Waals surface area contributed by atoms with E-state index in [2.05, 4.69) is 16.5 Å². The van der Waals surface area contributed by atoms with Crippen LogP contribution in [0.3, 0.4) is 0 Å². The van der Waals surface area contributed by atoms with E-state index in [1.807, 2.05) is 12.1 Å². The zero-order valence-electron chi connectivity index (χ0n) is 13.3. The maximum absolute atomic E-state index is 12.2. The second-order valence-electron chi connectivity index (χ2n) is 5.60. The van der Waals surface area contributed by atoms with Crippen molar-refractivity contribution in [3.63, 3.8) is 0 Å². The smallest absolute Gasteiger partial charge is 0.240 e. The van der Waals surface area contributed by atoms with Gasteiger partial charge in [-0.05, 0) is 30.5 Å². The highest BCUT2D eigenvalue weighted by Crippen LogP contribution is 2.12. The number of benzene rings is 1. The molecule has 5 nitrogen and oxygen atoms in total. The van der Waals surface area contributed by atoms with Gasteiger partial charge in [-0.1, -0.05) is 25.5 Å². The molecule has 1 heterocycles. The van der Waals surface area contributed by atoms with Gasteiger partial charge in [-0.25, -0.2) is 13.1 Å². The van der Waals surface area contributed by atoms with Gasteiger partial charge >= 0.3 is 0 Å². The van der Waals surface area contributed by atoms with Crippen LogP contribution < -0.4 is 4.72 Å². The van der Waals surface area contributed by atoms with Crippen molar-refractivity contribution in [1.29, 1.82) is 0 Å². The molecular formula is C16H26N2O3S. The Labute approximate surface area is 133 Å². The van der Waals surface area contributed by atoms with E-state index in [0.717, 1.165) is 52.1 Å². The number of morpholine rings is 1. The van der Waals surface area contributed by atoms with E-state index in [-0.39, 0.29) is 0 Å². The van der Waals surface area contributed by atoms with Crippen LogP contribution in [0, 0.1) is 0 Å². The van der Waals surface area contributed by atoms with E-state index in [4.69, 9.17) is 4.74 Å². The monoisotopic (exact) mass is 326 g/mol. The standard InChI is InChI=1S/C16H26N2O3S/c1-2-3-4-15-5-7-16(8-6-15)22(19,20)17-9-10-18-11-13-21-14-12-18/h5-8,17H,2-4,9-14H2,1H3. The summed E-state index contributed by atoms with van der Waals surface area (Å²) in [6.45, 7) is 6.49. The molecule has 1 aliphatic heterocycles. The molecule has 1 aliphatic rings. The number of unbranched alkanes of at least 4 members (excludes halogenated alkanes) is 1. The quantitative estimate of drug-likeness (QED) is 0.789. The molecule has 1 aromatic carbocycles. The number of hydrogen-bond acceptors (Lipinski definition) is 4. The molecular weight excluding hydrogens is 300 g/mol. The first-order valence-electron chi connectivity index (χ1n) is 8.00. The van der Waals surface area contributed by atoms with Crippen molar-refractivity contribution >= 4 is 10.0 Å². The molecule has 0 unspecified atom stereocenters. The van der Waals surface area contributed by atoms with Crippen LogP contribution in [0.25, 0.3) is 0 Å². The summed E-state index contributed by atoms with van der Waals surface area (Å²) in [5, 5.41) is 0. The molecule has 1 fully saturated rings. The van der Waals surface area contributed by atoms with Crippen LogP contribution in [0.4, 0.5) is 0 Å². The van der Waals surface area contributed by atoms with Gasteiger partial charge in [0.25, 0.3) is 0 Å². The first-order chi connectivity index (χ1) is 10.6. The lowest BCUT2D eigenvalue weighted by molar-refractivity contribution is 0.0390. The number of rotatable bonds is 8. The maximum Gasteiger partial charge on any atom is 0.240 e. The number of aryl methyl sites for hydroxylation is 1. The predicted octanol–water partition coefficient (Wildman–Crippen LogP) is 1.64. The Hall–Kier alpha value is -0.950. The molecule has 0 bridgehead atoms. The van der Waals surface area contributed by atoms with Crippen LogP contribution in [0.1, 0.15) is 25.3 Å². The lowest BCUT2D eigenvalue weighted by Crippen LogP contribution is -2.41. The summed E-state index contributed by atoms with van der Waals surface area (Å²) in [4.78, 5) is 2.55. The molecule has 0 saturated carbocycles. The van der Waals surface area contributed by atoms with E-state index >= 15 is 0 Å². The zero-order valence-corrected chi connectivity index (χ0v) is 14.1. The molecule has 6 heteroatoms. The first-order valence-corrected chi connectivity index (χ1v) is 9.49. The number of sulfonamides is 1. The molecule has 0 aliphatic carbocycles. The van der Waals surface area contributed by atoms with E-state index < -0.39 is 10.0 Å². The third kappa shape index (κ3) is 5.35. The normalized spacial score (nSPS) is 16.8. The Kier molecular flexibility index (Phi) is 6.82. The summed E-state index contributed by atoms with van der Waals surface area (Å²) < 4.78 is 32.4. The molecule has 1 saturated heterocycles. The number of nitrogens with zero attached hydrogens (tertiary/aromatic N) is 1. The Bertz CT molecular complexity index is 537. The van der Waals surface area contributed by atoms with Gasteiger partial charge in [-0.15, -0.1) is 0 Å². The summed E-state index contributed by atoms with van der Waals surface area (Å²) in [5.74, 6) is 0. The minimum atomic E-state index is -3.41. The topological polar surface area (TPSA) is 58.6 Å². The van der Waals surface area contributed by atoms with Crippen molar-refractivity contribution in [2.75, 3.05) is 39.4 Å². The summed E-state index contributed by atoms with van der Waals surface area (Å²) in [6, 6.07) is 7.21. The fourth-order valence-electron chi connectivity index (χ4n) is 2.46. The average molecular weight is 326 g/mol. The first kappa shape index (κ1) is 17.4. The third-order valence-corrected chi connectivity index (χ3v) is 5.35. The van der Waals surface area contributed by atoms with Crippen molar-refractivity contribution in [1.82, 2.24) is 9.62 Å². The highest BCUT2D eigenvalue weighted by atomic mass is 32.2. The lowest BCUT2D eigenvalue weighted by atomic mass is 10.1. The summed E-state index contributed by atoms with van der Waals surface area (Å²) in [7, 11) is -3.41. The van der Waals surface area contributed by atoms with E-state index in [0.29, 0.717) is 11.4 Å². The van der Waals surface area contributed by atoms with Gasteiger partial charge in [0.15, 0.2) is 0 Å². The lowest BCUT2D eigenvalue weighted by Gasteiger charge is -2.26. The molecule has 2 rings (SSSR count). The van der Waals surface area contributed by atoms with Gasteiger partial charge in [0, 0.05) is 26.2 Å². The fraction of sp³-hybridized carbons (Fsp3) is 0.625. The average Bonchev–Trinajstić information content (AvgIpc) is 2.54. The minimum absolute atomic E-state index is 0.342. The van der Waals surface area contributed by atoms with Gasteiger partial charge < -0.3 is 4.74 Å². The second-order valence-corrected chi connectivity index (χ2v) is 7.37. The highest BCUT2D eigenvalue weighted by Gasteiger charge is 2.15. The molecule has 0 atom stereocenters. The van der Waals surface area contributed by atoms with Gasteiger partial charge in [0.2, 0.25) is 10.0 Å². The van der Waals surface area contributed by atoms with Gasteiger partial charge in [0.1, 0.15) is 0 Å². The summed E-state index contributed by atoms with van der Waals surface area (Å²) >= 11 is 0. The van der Waals surface area contributed by atoms with E-state index in [1.54, 1.807) is 12.1 Å². The Balaban J connectivity index is 1.83. The van der Waals surface area contributed by atoms with Crippen molar-refractivity contribution in [3.05, 3.63) is 29.8 Å². The van der Waals surface area contributed by atoms with Gasteiger partial charge in [0.05, 0.1) is 18.1 Å². The zero-order chi connectivity index (χ0) is 15.8. The van der Waals surface area contributed by atoms with Crippen LogP contribution in [0.2, 0.25) is 0 Å². The van der Waals surface area contributed by atoms with Crippen LogP contribution in [-0.2, 0) is 21.2 Å². The van der Waals surface area contributed by atoms with Crippen molar-refractivity contribution in [2.24, 2.45) is 0 Å². The summed E-state index contributed by atoms with van der Waals surface area (Å²) in [6.07, 6.45) is 3.27.